The van der Waals surface area contributed by atoms with Crippen LogP contribution in [0.25, 0.3) is 0 Å². The average Bonchev–Trinajstić information content (AvgIpc) is 2.52. The van der Waals surface area contributed by atoms with E-state index in [0.717, 1.165) is 12.1 Å². The molecule has 1 amide bonds. The molecule has 122 valence electrons. The minimum absolute atomic E-state index is 0.245. The third-order valence-corrected chi connectivity index (χ3v) is 3.70. The first kappa shape index (κ1) is 17.6. The molecule has 0 aliphatic rings. The van der Waals surface area contributed by atoms with Crippen LogP contribution in [-0.2, 0) is 11.0 Å². The Morgan fingerprint density at radius 1 is 1.00 bits per heavy atom. The first-order valence-corrected chi connectivity index (χ1v) is 7.50. The average molecular weight is 362 g/mol. The minimum atomic E-state index is -4.41. The molecule has 0 saturated carbocycles. The molecule has 0 radical (unpaired) electrons. The number of hydrogen-bond donors (Lipinski definition) is 1. The molecule has 0 aliphatic carbocycles. The summed E-state index contributed by atoms with van der Waals surface area (Å²) in [5, 5.41) is 3.20. The number of halogens is 5. The molecule has 2 aromatic carbocycles. The second kappa shape index (κ2) is 7.23. The summed E-state index contributed by atoms with van der Waals surface area (Å²) >= 11 is 11.3. The zero-order valence-corrected chi connectivity index (χ0v) is 13.2. The van der Waals surface area contributed by atoms with Crippen molar-refractivity contribution < 1.29 is 18.0 Å². The maximum absolute atomic E-state index is 12.7. The molecule has 1 unspecified atom stereocenters. The van der Waals surface area contributed by atoms with Crippen LogP contribution >= 0.6 is 23.2 Å². The number of hydrogen-bond acceptors (Lipinski definition) is 1. The summed E-state index contributed by atoms with van der Waals surface area (Å²) in [6.07, 6.45) is -4.41. The lowest BCUT2D eigenvalue weighted by atomic mass is 9.97. The standard InChI is InChI=1S/C16H12Cl2F3NO/c17-9-14(23)22-15(11-3-7-13(18)8-4-11)10-1-5-12(6-2-10)16(19,20)21/h1-8,15H,9H2,(H,22,23). The predicted octanol–water partition coefficient (Wildman–Crippen LogP) is 4.80. The SMILES string of the molecule is O=C(CCl)NC(c1ccc(Cl)cc1)c1ccc(C(F)(F)F)cc1. The number of carbonyl (C=O) groups is 1. The van der Waals surface area contributed by atoms with Gasteiger partial charge in [0.25, 0.3) is 0 Å². The van der Waals surface area contributed by atoms with E-state index in [1.807, 2.05) is 0 Å². The largest absolute Gasteiger partial charge is 0.416 e. The number of alkyl halides is 4. The van der Waals surface area contributed by atoms with E-state index in [0.29, 0.717) is 16.1 Å². The van der Waals surface area contributed by atoms with Gasteiger partial charge in [0.1, 0.15) is 5.88 Å². The molecule has 0 heterocycles. The fourth-order valence-electron chi connectivity index (χ4n) is 2.08. The maximum Gasteiger partial charge on any atom is 0.416 e. The smallest absolute Gasteiger partial charge is 0.344 e. The van der Waals surface area contributed by atoms with Crippen LogP contribution < -0.4 is 5.32 Å². The van der Waals surface area contributed by atoms with Gasteiger partial charge in [-0.05, 0) is 35.4 Å². The second-order valence-corrected chi connectivity index (χ2v) is 5.51. The van der Waals surface area contributed by atoms with Crippen molar-refractivity contribution in [1.29, 1.82) is 0 Å². The summed E-state index contributed by atoms with van der Waals surface area (Å²) < 4.78 is 38.0. The molecule has 0 fully saturated rings. The Bertz CT molecular complexity index is 669. The lowest BCUT2D eigenvalue weighted by molar-refractivity contribution is -0.137. The molecule has 0 aromatic heterocycles. The zero-order valence-electron chi connectivity index (χ0n) is 11.7. The molecule has 1 N–H and O–H groups in total. The third-order valence-electron chi connectivity index (χ3n) is 3.20. The molecule has 2 rings (SSSR count). The van der Waals surface area contributed by atoms with Crippen LogP contribution in [-0.4, -0.2) is 11.8 Å². The molecule has 2 aromatic rings. The van der Waals surface area contributed by atoms with Gasteiger partial charge >= 0.3 is 6.18 Å². The van der Waals surface area contributed by atoms with Crippen LogP contribution in [0.4, 0.5) is 13.2 Å². The summed E-state index contributed by atoms with van der Waals surface area (Å²) in [6.45, 7) is 0. The molecule has 23 heavy (non-hydrogen) atoms. The summed E-state index contributed by atoms with van der Waals surface area (Å²) in [7, 11) is 0. The third kappa shape index (κ3) is 4.62. The Morgan fingerprint density at radius 3 is 1.91 bits per heavy atom. The van der Waals surface area contributed by atoms with Gasteiger partial charge in [0, 0.05) is 5.02 Å². The first-order chi connectivity index (χ1) is 10.8. The van der Waals surface area contributed by atoms with E-state index in [1.165, 1.54) is 12.1 Å². The highest BCUT2D eigenvalue weighted by atomic mass is 35.5. The lowest BCUT2D eigenvalue weighted by Crippen LogP contribution is -2.30. The predicted molar refractivity (Wildman–Crippen MR) is 83.6 cm³/mol. The summed E-state index contributed by atoms with van der Waals surface area (Å²) in [6, 6.07) is 10.7. The van der Waals surface area contributed by atoms with Crippen LogP contribution in [0.5, 0.6) is 0 Å². The van der Waals surface area contributed by atoms with Crippen LogP contribution in [0.15, 0.2) is 48.5 Å². The number of rotatable bonds is 4. The fraction of sp³-hybridized carbons (Fsp3) is 0.188. The van der Waals surface area contributed by atoms with Crippen LogP contribution in [0.3, 0.4) is 0 Å². The van der Waals surface area contributed by atoms with E-state index in [9.17, 15) is 18.0 Å². The minimum Gasteiger partial charge on any atom is -0.344 e. The molecule has 7 heteroatoms. The van der Waals surface area contributed by atoms with Crippen molar-refractivity contribution in [2.45, 2.75) is 12.2 Å². The van der Waals surface area contributed by atoms with E-state index >= 15 is 0 Å². The zero-order chi connectivity index (χ0) is 17.0. The Balaban J connectivity index is 2.37. The van der Waals surface area contributed by atoms with E-state index in [1.54, 1.807) is 24.3 Å². The molecular weight excluding hydrogens is 350 g/mol. The van der Waals surface area contributed by atoms with Crippen molar-refractivity contribution in [2.75, 3.05) is 5.88 Å². The summed E-state index contributed by atoms with van der Waals surface area (Å²) in [5.74, 6) is -0.670. The highest BCUT2D eigenvalue weighted by Crippen LogP contribution is 2.31. The monoisotopic (exact) mass is 361 g/mol. The molecule has 2 nitrogen and oxygen atoms in total. The Labute approximate surface area is 141 Å². The van der Waals surface area contributed by atoms with Crippen molar-refractivity contribution >= 4 is 29.1 Å². The number of carbonyl (C=O) groups excluding carboxylic acids is 1. The second-order valence-electron chi connectivity index (χ2n) is 4.81. The van der Waals surface area contributed by atoms with Gasteiger partial charge in [-0.1, -0.05) is 35.9 Å². The Morgan fingerprint density at radius 2 is 1.48 bits per heavy atom. The van der Waals surface area contributed by atoms with E-state index < -0.39 is 23.7 Å². The maximum atomic E-state index is 12.7. The van der Waals surface area contributed by atoms with Gasteiger partial charge in [0.05, 0.1) is 11.6 Å². The summed E-state index contributed by atoms with van der Waals surface area (Å²) in [5.41, 5.74) is 0.450. The van der Waals surface area contributed by atoms with E-state index in [-0.39, 0.29) is 5.88 Å². The van der Waals surface area contributed by atoms with Gasteiger partial charge in [-0.3, -0.25) is 4.79 Å². The van der Waals surface area contributed by atoms with Crippen molar-refractivity contribution in [1.82, 2.24) is 5.32 Å². The molecule has 1 atom stereocenters. The number of nitrogens with one attached hydrogen (secondary N) is 1. The topological polar surface area (TPSA) is 29.1 Å². The van der Waals surface area contributed by atoms with Gasteiger partial charge in [0.2, 0.25) is 5.91 Å². The van der Waals surface area contributed by atoms with Crippen LogP contribution in [0, 0.1) is 0 Å². The van der Waals surface area contributed by atoms with Gasteiger partial charge in [0.15, 0.2) is 0 Å². The van der Waals surface area contributed by atoms with E-state index in [4.69, 9.17) is 23.2 Å². The Kier molecular flexibility index (Phi) is 5.55. The van der Waals surface area contributed by atoms with Crippen molar-refractivity contribution in [3.05, 3.63) is 70.2 Å². The van der Waals surface area contributed by atoms with Crippen molar-refractivity contribution in [3.8, 4) is 0 Å². The lowest BCUT2D eigenvalue weighted by Gasteiger charge is -2.20. The molecule has 0 saturated heterocycles. The van der Waals surface area contributed by atoms with E-state index in [2.05, 4.69) is 5.32 Å². The fourth-order valence-corrected chi connectivity index (χ4v) is 2.28. The van der Waals surface area contributed by atoms with Gasteiger partial charge in [-0.2, -0.15) is 13.2 Å². The molecule has 0 spiro atoms. The highest BCUT2D eigenvalue weighted by molar-refractivity contribution is 6.30. The van der Waals surface area contributed by atoms with Crippen molar-refractivity contribution in [3.63, 3.8) is 0 Å². The van der Waals surface area contributed by atoms with Gasteiger partial charge in [-0.25, -0.2) is 0 Å². The van der Waals surface area contributed by atoms with Gasteiger partial charge < -0.3 is 5.32 Å². The Hall–Kier alpha value is -1.72. The number of benzene rings is 2. The normalized spacial score (nSPS) is 12.7. The number of amides is 1. The summed E-state index contributed by atoms with van der Waals surface area (Å²) in [4.78, 5) is 11.6. The van der Waals surface area contributed by atoms with Crippen LogP contribution in [0.1, 0.15) is 22.7 Å². The quantitative estimate of drug-likeness (QED) is 0.778. The molecular formula is C16H12Cl2F3NO. The first-order valence-electron chi connectivity index (χ1n) is 6.59. The highest BCUT2D eigenvalue weighted by Gasteiger charge is 2.30. The molecule has 0 aliphatic heterocycles. The van der Waals surface area contributed by atoms with Crippen LogP contribution in [0.2, 0.25) is 5.02 Å². The van der Waals surface area contributed by atoms with Crippen molar-refractivity contribution in [2.24, 2.45) is 0 Å². The molecule has 0 bridgehead atoms. The van der Waals surface area contributed by atoms with Gasteiger partial charge in [-0.15, -0.1) is 11.6 Å².